The van der Waals surface area contributed by atoms with Gasteiger partial charge in [0.05, 0.1) is 0 Å². The summed E-state index contributed by atoms with van der Waals surface area (Å²) < 4.78 is 15.6. The fourth-order valence-electron chi connectivity index (χ4n) is 2.62. The molecule has 3 aromatic carbocycles. The SMILES string of the molecule is O=C(Nc1ccccc1)OCC(COC(=O)Nc1ccccc1)OC(=O)Nc1ccccc1. The summed E-state index contributed by atoms with van der Waals surface area (Å²) in [6.45, 7) is -0.668. The average molecular weight is 449 g/mol. The van der Waals surface area contributed by atoms with Gasteiger partial charge in [-0.05, 0) is 36.4 Å². The van der Waals surface area contributed by atoms with E-state index in [-0.39, 0.29) is 13.2 Å². The van der Waals surface area contributed by atoms with E-state index in [1.165, 1.54) is 0 Å². The lowest BCUT2D eigenvalue weighted by Gasteiger charge is -2.18. The Bertz CT molecular complexity index is 974. The van der Waals surface area contributed by atoms with E-state index < -0.39 is 24.4 Å². The van der Waals surface area contributed by atoms with Crippen molar-refractivity contribution in [1.82, 2.24) is 0 Å². The number of hydrogen-bond acceptors (Lipinski definition) is 6. The van der Waals surface area contributed by atoms with Crippen LogP contribution in [0, 0.1) is 0 Å². The topological polar surface area (TPSA) is 115 Å². The van der Waals surface area contributed by atoms with E-state index in [0.717, 1.165) is 0 Å². The number of benzene rings is 3. The summed E-state index contributed by atoms with van der Waals surface area (Å²) in [7, 11) is 0. The first-order valence-electron chi connectivity index (χ1n) is 10.1. The highest BCUT2D eigenvalue weighted by molar-refractivity contribution is 5.86. The number of carbonyl (C=O) groups excluding carboxylic acids is 3. The summed E-state index contributed by atoms with van der Waals surface area (Å²) in [5.41, 5.74) is 1.60. The minimum Gasteiger partial charge on any atom is -0.445 e. The molecule has 3 N–H and O–H groups in total. The van der Waals surface area contributed by atoms with E-state index in [9.17, 15) is 14.4 Å². The molecule has 3 rings (SSSR count). The number of anilines is 3. The van der Waals surface area contributed by atoms with Crippen LogP contribution in [-0.2, 0) is 14.2 Å². The average Bonchev–Trinajstić information content (AvgIpc) is 2.83. The van der Waals surface area contributed by atoms with Crippen molar-refractivity contribution in [2.75, 3.05) is 29.2 Å². The summed E-state index contributed by atoms with van der Waals surface area (Å²) >= 11 is 0. The van der Waals surface area contributed by atoms with Crippen LogP contribution >= 0.6 is 0 Å². The van der Waals surface area contributed by atoms with Gasteiger partial charge in [0.25, 0.3) is 0 Å². The van der Waals surface area contributed by atoms with Crippen LogP contribution in [0.3, 0.4) is 0 Å². The normalized spacial score (nSPS) is 10.1. The van der Waals surface area contributed by atoms with Gasteiger partial charge in [0.1, 0.15) is 13.2 Å². The predicted molar refractivity (Wildman–Crippen MR) is 123 cm³/mol. The zero-order valence-electron chi connectivity index (χ0n) is 17.6. The highest BCUT2D eigenvalue weighted by atomic mass is 16.6. The largest absolute Gasteiger partial charge is 0.445 e. The first-order valence-corrected chi connectivity index (χ1v) is 10.1. The Morgan fingerprint density at radius 2 is 0.879 bits per heavy atom. The van der Waals surface area contributed by atoms with Crippen LogP contribution in [0.2, 0.25) is 0 Å². The summed E-state index contributed by atoms with van der Waals surface area (Å²) in [4.78, 5) is 36.4. The van der Waals surface area contributed by atoms with Crippen LogP contribution < -0.4 is 16.0 Å². The van der Waals surface area contributed by atoms with Crippen molar-refractivity contribution in [3.8, 4) is 0 Å². The predicted octanol–water partition coefficient (Wildman–Crippen LogP) is 5.10. The van der Waals surface area contributed by atoms with Gasteiger partial charge >= 0.3 is 18.3 Å². The van der Waals surface area contributed by atoms with Gasteiger partial charge in [-0.3, -0.25) is 16.0 Å². The lowest BCUT2D eigenvalue weighted by Crippen LogP contribution is -2.33. The molecule has 0 aliphatic rings. The second kappa shape index (κ2) is 12.4. The van der Waals surface area contributed by atoms with Crippen molar-refractivity contribution in [1.29, 1.82) is 0 Å². The molecule has 0 aliphatic heterocycles. The van der Waals surface area contributed by atoms with Crippen LogP contribution in [0.5, 0.6) is 0 Å². The molecule has 9 nitrogen and oxygen atoms in total. The standard InChI is InChI=1S/C24H23N3O6/c28-22(25-18-10-4-1-5-11-18)31-16-21(33-24(30)27-20-14-8-3-9-15-20)17-32-23(29)26-19-12-6-2-7-13-19/h1-15,21H,16-17H2,(H,25,28)(H,26,29)(H,27,30). The molecule has 0 atom stereocenters. The zero-order chi connectivity index (χ0) is 23.3. The van der Waals surface area contributed by atoms with E-state index in [1.807, 2.05) is 12.1 Å². The Hall–Kier alpha value is -4.53. The highest BCUT2D eigenvalue weighted by Crippen LogP contribution is 2.09. The highest BCUT2D eigenvalue weighted by Gasteiger charge is 2.20. The maximum atomic E-state index is 12.2. The lowest BCUT2D eigenvalue weighted by atomic mass is 10.3. The minimum atomic E-state index is -1.04. The molecular weight excluding hydrogens is 426 g/mol. The molecule has 0 aromatic heterocycles. The van der Waals surface area contributed by atoms with Crippen LogP contribution in [0.15, 0.2) is 91.0 Å². The molecule has 3 aromatic rings. The van der Waals surface area contributed by atoms with Crippen molar-refractivity contribution >= 4 is 35.3 Å². The van der Waals surface area contributed by atoms with Crippen LogP contribution in [0.4, 0.5) is 31.4 Å². The molecule has 9 heteroatoms. The van der Waals surface area contributed by atoms with E-state index in [0.29, 0.717) is 17.1 Å². The zero-order valence-corrected chi connectivity index (χ0v) is 17.6. The fourth-order valence-corrected chi connectivity index (χ4v) is 2.62. The molecule has 0 aliphatic carbocycles. The van der Waals surface area contributed by atoms with Gasteiger partial charge in [-0.25, -0.2) is 14.4 Å². The number of carbonyl (C=O) groups is 3. The Labute approximate surface area is 190 Å². The number of rotatable bonds is 8. The molecule has 0 saturated heterocycles. The van der Waals surface area contributed by atoms with Gasteiger partial charge in [-0.1, -0.05) is 54.6 Å². The van der Waals surface area contributed by atoms with Crippen molar-refractivity contribution in [2.45, 2.75) is 6.10 Å². The third-order valence-electron chi connectivity index (χ3n) is 4.13. The molecule has 0 fully saturated rings. The number of amides is 3. The molecule has 33 heavy (non-hydrogen) atoms. The second-order valence-corrected chi connectivity index (χ2v) is 6.70. The molecule has 0 spiro atoms. The first kappa shape index (κ1) is 23.1. The monoisotopic (exact) mass is 449 g/mol. The molecule has 0 bridgehead atoms. The third-order valence-corrected chi connectivity index (χ3v) is 4.13. The number of ether oxygens (including phenoxy) is 3. The van der Waals surface area contributed by atoms with Gasteiger partial charge in [0.15, 0.2) is 6.10 Å². The van der Waals surface area contributed by atoms with Crippen LogP contribution in [0.1, 0.15) is 0 Å². The third kappa shape index (κ3) is 8.62. The van der Waals surface area contributed by atoms with Crippen molar-refractivity contribution in [3.63, 3.8) is 0 Å². The molecule has 0 radical (unpaired) electrons. The van der Waals surface area contributed by atoms with E-state index in [1.54, 1.807) is 78.9 Å². The van der Waals surface area contributed by atoms with Gasteiger partial charge in [-0.15, -0.1) is 0 Å². The van der Waals surface area contributed by atoms with Crippen LogP contribution in [0.25, 0.3) is 0 Å². The van der Waals surface area contributed by atoms with Crippen molar-refractivity contribution < 1.29 is 28.6 Å². The Morgan fingerprint density at radius 3 is 1.24 bits per heavy atom. The van der Waals surface area contributed by atoms with Gasteiger partial charge < -0.3 is 14.2 Å². The summed E-state index contributed by atoms with van der Waals surface area (Å²) in [6, 6.07) is 26.1. The minimum absolute atomic E-state index is 0.334. The summed E-state index contributed by atoms with van der Waals surface area (Å²) in [6.07, 6.45) is -3.32. The number of nitrogens with one attached hydrogen (secondary N) is 3. The van der Waals surface area contributed by atoms with Gasteiger partial charge in [0, 0.05) is 17.1 Å². The number of hydrogen-bond donors (Lipinski definition) is 3. The molecule has 0 unspecified atom stereocenters. The van der Waals surface area contributed by atoms with Crippen molar-refractivity contribution in [2.24, 2.45) is 0 Å². The van der Waals surface area contributed by atoms with E-state index >= 15 is 0 Å². The smallest absolute Gasteiger partial charge is 0.412 e. The maximum Gasteiger partial charge on any atom is 0.412 e. The quantitative estimate of drug-likeness (QED) is 0.412. The first-order chi connectivity index (χ1) is 16.1. The molecular formula is C24H23N3O6. The molecule has 0 saturated carbocycles. The van der Waals surface area contributed by atoms with E-state index in [4.69, 9.17) is 14.2 Å². The Morgan fingerprint density at radius 1 is 0.545 bits per heavy atom. The molecule has 3 amide bonds. The fraction of sp³-hybridized carbons (Fsp3) is 0.125. The van der Waals surface area contributed by atoms with Gasteiger partial charge in [-0.2, -0.15) is 0 Å². The molecule has 0 heterocycles. The van der Waals surface area contributed by atoms with Crippen molar-refractivity contribution in [3.05, 3.63) is 91.0 Å². The lowest BCUT2D eigenvalue weighted by molar-refractivity contribution is 0.0176. The summed E-state index contributed by atoms with van der Waals surface area (Å²) in [5.74, 6) is 0. The summed E-state index contributed by atoms with van der Waals surface area (Å²) in [5, 5.41) is 7.66. The van der Waals surface area contributed by atoms with Gasteiger partial charge in [0.2, 0.25) is 0 Å². The van der Waals surface area contributed by atoms with E-state index in [2.05, 4.69) is 16.0 Å². The maximum absolute atomic E-state index is 12.2. The second-order valence-electron chi connectivity index (χ2n) is 6.70. The molecule has 170 valence electrons. The van der Waals surface area contributed by atoms with Crippen LogP contribution in [-0.4, -0.2) is 37.6 Å². The Kier molecular flexibility index (Phi) is 8.66. The number of para-hydroxylation sites is 3. The Balaban J connectivity index is 1.54.